The fourth-order valence-electron chi connectivity index (χ4n) is 3.52. The Morgan fingerprint density at radius 2 is 1.83 bits per heavy atom. The number of carbonyl (C=O) groups is 1. The third kappa shape index (κ3) is 3.87. The highest BCUT2D eigenvalue weighted by molar-refractivity contribution is 9.11. The van der Waals surface area contributed by atoms with Crippen LogP contribution in [0, 0.1) is 6.92 Å². The molecule has 4 rings (SSSR count). The van der Waals surface area contributed by atoms with Crippen molar-refractivity contribution in [2.75, 3.05) is 12.0 Å². The summed E-state index contributed by atoms with van der Waals surface area (Å²) < 4.78 is 20.0. The van der Waals surface area contributed by atoms with Gasteiger partial charge in [0.2, 0.25) is 13.3 Å². The standard InChI is InChI=1S/C22H18Br2NO4P/c1-12-18(23)10-16-17(11-29-20(16)19(12)24)21(30(2,27)28)22(26)25-15-8-7-13-5-3-4-6-14(13)9-15/h3-11,21H,1-2H3,(H,25,26)(H,27,28). The second-order valence-electron chi connectivity index (χ2n) is 7.26. The lowest BCUT2D eigenvalue weighted by Gasteiger charge is -2.19. The van der Waals surface area contributed by atoms with Crippen molar-refractivity contribution in [3.05, 3.63) is 74.9 Å². The minimum absolute atomic E-state index is 0.373. The number of fused-ring (bicyclic) bond motifs is 2. The molecule has 0 bridgehead atoms. The fraction of sp³-hybridized carbons (Fsp3) is 0.136. The van der Waals surface area contributed by atoms with Crippen molar-refractivity contribution in [2.45, 2.75) is 12.6 Å². The third-order valence-corrected chi connectivity index (χ3v) is 8.31. The molecule has 1 heterocycles. The van der Waals surface area contributed by atoms with Crippen LogP contribution in [-0.4, -0.2) is 17.5 Å². The zero-order valence-electron chi connectivity index (χ0n) is 16.1. The van der Waals surface area contributed by atoms with E-state index in [2.05, 4.69) is 37.2 Å². The van der Waals surface area contributed by atoms with E-state index in [1.165, 1.54) is 12.9 Å². The third-order valence-electron chi connectivity index (χ3n) is 5.06. The number of halogens is 2. The molecular formula is C22H18Br2NO4P. The van der Waals surface area contributed by atoms with E-state index >= 15 is 0 Å². The van der Waals surface area contributed by atoms with Gasteiger partial charge in [0.05, 0.1) is 10.7 Å². The molecule has 4 aromatic rings. The van der Waals surface area contributed by atoms with Crippen molar-refractivity contribution >= 4 is 72.6 Å². The Morgan fingerprint density at radius 1 is 1.13 bits per heavy atom. The fourth-order valence-corrected chi connectivity index (χ4v) is 5.95. The van der Waals surface area contributed by atoms with Gasteiger partial charge in [0, 0.05) is 27.8 Å². The smallest absolute Gasteiger partial charge is 0.241 e. The van der Waals surface area contributed by atoms with Gasteiger partial charge >= 0.3 is 0 Å². The first-order chi connectivity index (χ1) is 14.2. The summed E-state index contributed by atoms with van der Waals surface area (Å²) in [5.41, 5.74) is 1.12. The van der Waals surface area contributed by atoms with Crippen molar-refractivity contribution in [3.63, 3.8) is 0 Å². The van der Waals surface area contributed by atoms with Crippen molar-refractivity contribution in [3.8, 4) is 0 Å². The monoisotopic (exact) mass is 549 g/mol. The van der Waals surface area contributed by atoms with E-state index in [4.69, 9.17) is 4.42 Å². The van der Waals surface area contributed by atoms with E-state index in [-0.39, 0.29) is 0 Å². The number of carbonyl (C=O) groups excluding carboxylic acids is 1. The molecule has 2 unspecified atom stereocenters. The van der Waals surface area contributed by atoms with Crippen LogP contribution in [0.3, 0.4) is 0 Å². The highest BCUT2D eigenvalue weighted by atomic mass is 79.9. The molecule has 8 heteroatoms. The Balaban J connectivity index is 1.77. The lowest BCUT2D eigenvalue weighted by Crippen LogP contribution is -2.21. The highest BCUT2D eigenvalue weighted by Gasteiger charge is 2.37. The molecule has 30 heavy (non-hydrogen) atoms. The summed E-state index contributed by atoms with van der Waals surface area (Å²) in [6.07, 6.45) is 1.39. The second-order valence-corrected chi connectivity index (χ2v) is 11.3. The number of furan rings is 1. The minimum atomic E-state index is -3.85. The molecule has 0 spiro atoms. The molecule has 2 atom stereocenters. The van der Waals surface area contributed by atoms with Gasteiger partial charge < -0.3 is 14.6 Å². The molecular weight excluding hydrogens is 533 g/mol. The predicted molar refractivity (Wildman–Crippen MR) is 127 cm³/mol. The van der Waals surface area contributed by atoms with E-state index in [1.807, 2.05) is 43.3 Å². The maximum absolute atomic E-state index is 13.2. The van der Waals surface area contributed by atoms with Gasteiger partial charge in [0.25, 0.3) is 0 Å². The molecule has 0 saturated carbocycles. The van der Waals surface area contributed by atoms with E-state index in [9.17, 15) is 14.3 Å². The topological polar surface area (TPSA) is 79.5 Å². The first-order valence-electron chi connectivity index (χ1n) is 9.12. The summed E-state index contributed by atoms with van der Waals surface area (Å²) >= 11 is 7.00. The molecule has 0 aliphatic rings. The van der Waals surface area contributed by atoms with E-state index < -0.39 is 18.9 Å². The molecule has 0 aliphatic carbocycles. The van der Waals surface area contributed by atoms with E-state index in [0.29, 0.717) is 22.2 Å². The van der Waals surface area contributed by atoms with Crippen molar-refractivity contribution < 1.29 is 18.7 Å². The van der Waals surface area contributed by atoms with Crippen LogP contribution in [0.2, 0.25) is 0 Å². The maximum atomic E-state index is 13.2. The number of amides is 1. The molecule has 1 amide bonds. The van der Waals surface area contributed by atoms with Crippen LogP contribution in [0.5, 0.6) is 0 Å². The van der Waals surface area contributed by atoms with Gasteiger partial charge in [-0.15, -0.1) is 0 Å². The van der Waals surface area contributed by atoms with Gasteiger partial charge in [0.1, 0.15) is 11.2 Å². The number of hydrogen-bond donors (Lipinski definition) is 2. The summed E-state index contributed by atoms with van der Waals surface area (Å²) in [7, 11) is -3.85. The largest absolute Gasteiger partial charge is 0.463 e. The summed E-state index contributed by atoms with van der Waals surface area (Å²) in [6.45, 7) is 3.10. The van der Waals surface area contributed by atoms with Gasteiger partial charge in [-0.2, -0.15) is 0 Å². The van der Waals surface area contributed by atoms with Crippen molar-refractivity contribution in [1.29, 1.82) is 0 Å². The summed E-state index contributed by atoms with van der Waals surface area (Å²) in [4.78, 5) is 23.6. The zero-order chi connectivity index (χ0) is 21.6. The van der Waals surface area contributed by atoms with Crippen LogP contribution in [0.25, 0.3) is 21.7 Å². The average molecular weight is 551 g/mol. The zero-order valence-corrected chi connectivity index (χ0v) is 20.2. The van der Waals surface area contributed by atoms with Gasteiger partial charge in [-0.25, -0.2) is 0 Å². The lowest BCUT2D eigenvalue weighted by molar-refractivity contribution is -0.116. The molecule has 0 radical (unpaired) electrons. The molecule has 0 saturated heterocycles. The highest BCUT2D eigenvalue weighted by Crippen LogP contribution is 2.55. The van der Waals surface area contributed by atoms with Crippen LogP contribution in [0.1, 0.15) is 16.8 Å². The van der Waals surface area contributed by atoms with Crippen LogP contribution in [0.15, 0.2) is 68.2 Å². The molecule has 0 fully saturated rings. The Kier molecular flexibility index (Phi) is 5.66. The first kappa shape index (κ1) is 21.3. The molecule has 154 valence electrons. The number of benzene rings is 3. The SMILES string of the molecule is Cc1c(Br)cc2c(C(C(=O)Nc3ccc4ccccc4c3)P(C)(=O)O)coc2c1Br. The van der Waals surface area contributed by atoms with Crippen LogP contribution in [0.4, 0.5) is 5.69 Å². The van der Waals surface area contributed by atoms with Crippen molar-refractivity contribution in [2.24, 2.45) is 0 Å². The summed E-state index contributed by atoms with van der Waals surface area (Å²) in [5.74, 6) is -0.561. The quantitative estimate of drug-likeness (QED) is 0.268. The van der Waals surface area contributed by atoms with Gasteiger partial charge in [-0.1, -0.05) is 46.3 Å². The Hall–Kier alpha value is -1.92. The number of rotatable bonds is 4. The normalized spacial score (nSPS) is 14.6. The number of anilines is 1. The molecule has 1 aromatic heterocycles. The molecule has 0 aliphatic heterocycles. The Morgan fingerprint density at radius 3 is 2.53 bits per heavy atom. The average Bonchev–Trinajstić information content (AvgIpc) is 3.08. The van der Waals surface area contributed by atoms with Gasteiger partial charge in [-0.05, 0) is 57.4 Å². The maximum Gasteiger partial charge on any atom is 0.241 e. The van der Waals surface area contributed by atoms with E-state index in [1.54, 1.807) is 12.1 Å². The lowest BCUT2D eigenvalue weighted by atomic mass is 10.1. The number of hydrogen-bond acceptors (Lipinski definition) is 3. The predicted octanol–water partition coefficient (Wildman–Crippen LogP) is 7.00. The summed E-state index contributed by atoms with van der Waals surface area (Å²) in [5, 5.41) is 5.41. The van der Waals surface area contributed by atoms with Crippen LogP contribution in [-0.2, 0) is 9.36 Å². The minimum Gasteiger partial charge on any atom is -0.463 e. The Labute approximate surface area is 190 Å². The second kappa shape index (κ2) is 7.97. The van der Waals surface area contributed by atoms with Crippen LogP contribution >= 0.6 is 39.2 Å². The molecule has 2 N–H and O–H groups in total. The molecule has 3 aromatic carbocycles. The van der Waals surface area contributed by atoms with Gasteiger partial charge in [-0.3, -0.25) is 9.36 Å². The van der Waals surface area contributed by atoms with Gasteiger partial charge in [0.15, 0.2) is 0 Å². The molecule has 5 nitrogen and oxygen atoms in total. The van der Waals surface area contributed by atoms with Crippen LogP contribution < -0.4 is 5.32 Å². The Bertz CT molecular complexity index is 1340. The van der Waals surface area contributed by atoms with E-state index in [0.717, 1.165) is 25.3 Å². The van der Waals surface area contributed by atoms with Crippen molar-refractivity contribution in [1.82, 2.24) is 0 Å². The number of nitrogens with one attached hydrogen (secondary N) is 1. The summed E-state index contributed by atoms with van der Waals surface area (Å²) in [6, 6.07) is 15.1. The first-order valence-corrected chi connectivity index (χ1v) is 12.9.